The van der Waals surface area contributed by atoms with Crippen LogP contribution in [0.25, 0.3) is 0 Å². The Kier molecular flexibility index (Phi) is 11.3. The van der Waals surface area contributed by atoms with Gasteiger partial charge in [0.25, 0.3) is 0 Å². The molecule has 32 heavy (non-hydrogen) atoms. The Hall–Kier alpha value is -2.87. The van der Waals surface area contributed by atoms with Crippen molar-refractivity contribution in [2.75, 3.05) is 40.5 Å². The third-order valence-electron chi connectivity index (χ3n) is 4.43. The van der Waals surface area contributed by atoms with Gasteiger partial charge in [-0.1, -0.05) is 24.3 Å². The van der Waals surface area contributed by atoms with Gasteiger partial charge in [-0.05, 0) is 48.2 Å². The second kappa shape index (κ2) is 14.2. The zero-order valence-corrected chi connectivity index (χ0v) is 19.2. The molecule has 0 aromatic heterocycles. The molecule has 2 rings (SSSR count). The van der Waals surface area contributed by atoms with Crippen molar-refractivity contribution in [3.8, 4) is 11.5 Å². The smallest absolute Gasteiger partial charge is 0.320 e. The van der Waals surface area contributed by atoms with Gasteiger partial charge in [-0.15, -0.1) is 0 Å². The fourth-order valence-corrected chi connectivity index (χ4v) is 3.25. The van der Waals surface area contributed by atoms with E-state index in [0.717, 1.165) is 22.6 Å². The number of nitrogens with one attached hydrogen (secondary N) is 2. The molecule has 0 spiro atoms. The number of rotatable bonds is 14. The summed E-state index contributed by atoms with van der Waals surface area (Å²) in [6, 6.07) is 15.0. The number of ether oxygens (including phenoxy) is 2. The van der Waals surface area contributed by atoms with Gasteiger partial charge in [0.2, 0.25) is 11.8 Å². The summed E-state index contributed by atoms with van der Waals surface area (Å²) in [5, 5.41) is 5.34. The van der Waals surface area contributed by atoms with E-state index in [4.69, 9.17) is 18.5 Å². The van der Waals surface area contributed by atoms with Crippen LogP contribution in [-0.2, 0) is 36.0 Å². The van der Waals surface area contributed by atoms with Gasteiger partial charge in [0.15, 0.2) is 0 Å². The normalized spacial score (nSPS) is 10.6. The summed E-state index contributed by atoms with van der Waals surface area (Å²) >= 11 is 0. The van der Waals surface area contributed by atoms with Crippen LogP contribution in [0.4, 0.5) is 0 Å². The van der Waals surface area contributed by atoms with E-state index in [-0.39, 0.29) is 0 Å². The first-order valence-corrected chi connectivity index (χ1v) is 11.3. The van der Waals surface area contributed by atoms with Crippen LogP contribution in [0.2, 0.25) is 0 Å². The molecule has 0 unspecified atom stereocenters. The number of amides is 2. The van der Waals surface area contributed by atoms with E-state index < -0.39 is 33.3 Å². The van der Waals surface area contributed by atoms with Gasteiger partial charge in [-0.25, -0.2) is 0 Å². The molecule has 0 aliphatic rings. The Labute approximate surface area is 188 Å². The quantitative estimate of drug-likeness (QED) is 0.412. The van der Waals surface area contributed by atoms with Crippen LogP contribution in [0.5, 0.6) is 11.5 Å². The highest BCUT2D eigenvalue weighted by Gasteiger charge is 2.09. The molecule has 0 bridgehead atoms. The monoisotopic (exact) mass is 464 g/mol. The SMILES string of the molecule is COc1ccc(CCNC(=O)CO[PH](=O)OCC(=O)NCCc2ccc(OC)cc2)cc1. The predicted octanol–water partition coefficient (Wildman–Crippen LogP) is 2.14. The van der Waals surface area contributed by atoms with Crippen molar-refractivity contribution in [3.05, 3.63) is 59.7 Å². The summed E-state index contributed by atoms with van der Waals surface area (Å²) in [6.45, 7) is 0.0127. The van der Waals surface area contributed by atoms with Crippen LogP contribution in [-0.4, -0.2) is 52.3 Å². The van der Waals surface area contributed by atoms with Gasteiger partial charge in [0.05, 0.1) is 14.2 Å². The van der Waals surface area contributed by atoms with Gasteiger partial charge in [0, 0.05) is 13.1 Å². The van der Waals surface area contributed by atoms with Crippen molar-refractivity contribution in [1.82, 2.24) is 10.6 Å². The number of carbonyl (C=O) groups excluding carboxylic acids is 2. The molecule has 0 atom stereocenters. The van der Waals surface area contributed by atoms with E-state index in [9.17, 15) is 14.2 Å². The molecule has 2 N–H and O–H groups in total. The molecule has 0 aliphatic carbocycles. The number of methoxy groups -OCH3 is 2. The highest BCUT2D eigenvalue weighted by molar-refractivity contribution is 7.33. The number of hydrogen-bond donors (Lipinski definition) is 2. The Morgan fingerprint density at radius 3 is 1.44 bits per heavy atom. The fraction of sp³-hybridized carbons (Fsp3) is 0.364. The average molecular weight is 464 g/mol. The standard InChI is InChI=1S/C22H29N2O7P/c1-28-19-7-3-17(4-8-19)11-13-23-21(25)15-30-32(27)31-16-22(26)24-14-12-18-5-9-20(29-2)10-6-18/h3-10,32H,11-16H2,1-2H3,(H,23,25)(H,24,26). The molecule has 10 heteroatoms. The van der Waals surface area contributed by atoms with E-state index in [1.807, 2.05) is 48.5 Å². The van der Waals surface area contributed by atoms with Crippen molar-refractivity contribution in [1.29, 1.82) is 0 Å². The van der Waals surface area contributed by atoms with Gasteiger partial charge in [0.1, 0.15) is 24.7 Å². The van der Waals surface area contributed by atoms with E-state index in [0.29, 0.717) is 25.9 Å². The lowest BCUT2D eigenvalue weighted by Gasteiger charge is -2.08. The molecule has 0 saturated heterocycles. The first-order chi connectivity index (χ1) is 15.5. The number of hydrogen-bond acceptors (Lipinski definition) is 7. The summed E-state index contributed by atoms with van der Waals surface area (Å²) in [5.74, 6) is 0.707. The summed E-state index contributed by atoms with van der Waals surface area (Å²) in [4.78, 5) is 23.5. The molecule has 0 fully saturated rings. The first-order valence-electron chi connectivity index (χ1n) is 10.1. The van der Waals surface area contributed by atoms with Crippen molar-refractivity contribution >= 4 is 20.1 Å². The van der Waals surface area contributed by atoms with Crippen molar-refractivity contribution in [2.45, 2.75) is 12.8 Å². The van der Waals surface area contributed by atoms with Crippen LogP contribution in [0.15, 0.2) is 48.5 Å². The first kappa shape index (κ1) is 25.4. The summed E-state index contributed by atoms with van der Waals surface area (Å²) < 4.78 is 31.7. The third kappa shape index (κ3) is 9.96. The molecular formula is C22H29N2O7P. The van der Waals surface area contributed by atoms with Gasteiger partial charge >= 0.3 is 8.25 Å². The van der Waals surface area contributed by atoms with E-state index in [1.165, 1.54) is 0 Å². The van der Waals surface area contributed by atoms with Crippen LogP contribution in [0.1, 0.15) is 11.1 Å². The highest BCUT2D eigenvalue weighted by Crippen LogP contribution is 2.22. The Morgan fingerprint density at radius 2 is 1.09 bits per heavy atom. The Morgan fingerprint density at radius 1 is 0.719 bits per heavy atom. The van der Waals surface area contributed by atoms with Crippen LogP contribution in [0.3, 0.4) is 0 Å². The minimum absolute atomic E-state index is 0.403. The van der Waals surface area contributed by atoms with Crippen LogP contribution < -0.4 is 20.1 Å². The van der Waals surface area contributed by atoms with Crippen molar-refractivity contribution in [3.63, 3.8) is 0 Å². The third-order valence-corrected chi connectivity index (χ3v) is 5.19. The average Bonchev–Trinajstić information content (AvgIpc) is 2.82. The Bertz CT molecular complexity index is 801. The van der Waals surface area contributed by atoms with E-state index in [1.54, 1.807) is 14.2 Å². The molecule has 174 valence electrons. The second-order valence-electron chi connectivity index (χ2n) is 6.72. The lowest BCUT2D eigenvalue weighted by molar-refractivity contribution is -0.123. The molecule has 0 saturated carbocycles. The lowest BCUT2D eigenvalue weighted by Crippen LogP contribution is -2.29. The molecule has 2 aromatic rings. The topological polar surface area (TPSA) is 112 Å². The highest BCUT2D eigenvalue weighted by atomic mass is 31.1. The summed E-state index contributed by atoms with van der Waals surface area (Å²) in [5.41, 5.74) is 2.09. The van der Waals surface area contributed by atoms with Crippen molar-refractivity contribution in [2.24, 2.45) is 0 Å². The van der Waals surface area contributed by atoms with Crippen LogP contribution >= 0.6 is 8.25 Å². The minimum atomic E-state index is -2.95. The largest absolute Gasteiger partial charge is 0.497 e. The second-order valence-corrected chi connectivity index (χ2v) is 7.80. The molecule has 2 amide bonds. The molecular weight excluding hydrogens is 435 g/mol. The number of carbonyl (C=O) groups is 2. The molecule has 0 aliphatic heterocycles. The van der Waals surface area contributed by atoms with Crippen LogP contribution in [0, 0.1) is 0 Å². The van der Waals surface area contributed by atoms with Gasteiger partial charge in [-0.2, -0.15) is 0 Å². The Balaban J connectivity index is 1.52. The molecule has 2 aromatic carbocycles. The van der Waals surface area contributed by atoms with Gasteiger partial charge in [-0.3, -0.25) is 14.2 Å². The molecule has 0 radical (unpaired) electrons. The maximum Gasteiger partial charge on any atom is 0.320 e. The molecule has 0 heterocycles. The lowest BCUT2D eigenvalue weighted by atomic mass is 10.1. The summed E-state index contributed by atoms with van der Waals surface area (Å²) in [7, 11) is 0.250. The van der Waals surface area contributed by atoms with E-state index >= 15 is 0 Å². The zero-order valence-electron chi connectivity index (χ0n) is 18.2. The summed E-state index contributed by atoms with van der Waals surface area (Å²) in [6.07, 6.45) is 1.27. The minimum Gasteiger partial charge on any atom is -0.497 e. The van der Waals surface area contributed by atoms with Crippen molar-refractivity contribution < 1.29 is 32.7 Å². The molecule has 9 nitrogen and oxygen atoms in total. The predicted molar refractivity (Wildman–Crippen MR) is 120 cm³/mol. The zero-order chi connectivity index (χ0) is 23.2. The fourth-order valence-electron chi connectivity index (χ4n) is 2.67. The maximum absolute atomic E-state index is 11.8. The van der Waals surface area contributed by atoms with Gasteiger partial charge < -0.3 is 29.2 Å². The van der Waals surface area contributed by atoms with E-state index in [2.05, 4.69) is 10.6 Å². The maximum atomic E-state index is 11.8. The number of benzene rings is 2.